The predicted molar refractivity (Wildman–Crippen MR) is 90.5 cm³/mol. The first kappa shape index (κ1) is 20.9. The van der Waals surface area contributed by atoms with Crippen LogP contribution >= 0.6 is 0 Å². The summed E-state index contributed by atoms with van der Waals surface area (Å²) in [5.74, 6) is 2.53. The summed E-state index contributed by atoms with van der Waals surface area (Å²) in [6.07, 6.45) is 7.23. The number of carbonyl (C=O) groups excluding carboxylic acids is 1. The Balaban J connectivity index is 1.80. The van der Waals surface area contributed by atoms with Crippen LogP contribution in [-0.4, -0.2) is 82.8 Å². The van der Waals surface area contributed by atoms with E-state index in [0.717, 1.165) is 25.9 Å². The van der Waals surface area contributed by atoms with Crippen LogP contribution in [0, 0.1) is 12.3 Å². The van der Waals surface area contributed by atoms with E-state index in [1.165, 1.54) is 0 Å². The molecule has 0 radical (unpaired) electrons. The van der Waals surface area contributed by atoms with E-state index in [-0.39, 0.29) is 11.9 Å². The van der Waals surface area contributed by atoms with Crippen molar-refractivity contribution in [3.8, 4) is 12.3 Å². The lowest BCUT2D eigenvalue weighted by Gasteiger charge is -2.30. The number of nitrogens with two attached hydrogens (primary N) is 1. The van der Waals surface area contributed by atoms with Gasteiger partial charge >= 0.3 is 0 Å². The molecule has 0 unspecified atom stereocenters. The minimum Gasteiger partial charge on any atom is -0.379 e. The molecule has 0 aromatic carbocycles. The standard InChI is InChI=1S/C17H30N2O5/c1-2-8-21-10-12-23-14-15-24-13-11-22-9-5-17(20)19-6-3-16(18)4-7-19/h1,16H,3-15,18H2. The van der Waals surface area contributed by atoms with Gasteiger partial charge in [0.2, 0.25) is 5.91 Å². The summed E-state index contributed by atoms with van der Waals surface area (Å²) in [6.45, 7) is 5.23. The number of terminal acetylenes is 1. The number of hydrogen-bond acceptors (Lipinski definition) is 6. The highest BCUT2D eigenvalue weighted by atomic mass is 16.6. The van der Waals surface area contributed by atoms with Crippen molar-refractivity contribution in [2.75, 3.05) is 65.9 Å². The fraction of sp³-hybridized carbons (Fsp3) is 0.824. The van der Waals surface area contributed by atoms with E-state index in [4.69, 9.17) is 31.1 Å². The molecule has 1 aliphatic rings. The van der Waals surface area contributed by atoms with Crippen LogP contribution < -0.4 is 5.73 Å². The molecule has 0 spiro atoms. The number of amides is 1. The third-order valence-corrected chi connectivity index (χ3v) is 3.65. The number of nitrogens with zero attached hydrogens (tertiary/aromatic N) is 1. The van der Waals surface area contributed by atoms with E-state index < -0.39 is 0 Å². The Bertz CT molecular complexity index is 364. The predicted octanol–water partition coefficient (Wildman–Crippen LogP) is 0.0258. The number of likely N-dealkylation sites (tertiary alicyclic amines) is 1. The molecule has 1 saturated heterocycles. The smallest absolute Gasteiger partial charge is 0.224 e. The maximum absolute atomic E-state index is 11.9. The number of ether oxygens (including phenoxy) is 4. The summed E-state index contributed by atoms with van der Waals surface area (Å²) in [5.41, 5.74) is 5.82. The fourth-order valence-corrected chi connectivity index (χ4v) is 2.26. The van der Waals surface area contributed by atoms with Crippen molar-refractivity contribution in [2.24, 2.45) is 5.73 Å². The van der Waals surface area contributed by atoms with Crippen molar-refractivity contribution in [1.29, 1.82) is 0 Å². The SMILES string of the molecule is C#CCOCCOCCOCCOCCC(=O)N1CCC(N)CC1. The van der Waals surface area contributed by atoms with Crippen LogP contribution in [0.5, 0.6) is 0 Å². The van der Waals surface area contributed by atoms with Gasteiger partial charge in [-0.2, -0.15) is 0 Å². The van der Waals surface area contributed by atoms with Crippen molar-refractivity contribution in [2.45, 2.75) is 25.3 Å². The Kier molecular flexibility index (Phi) is 12.3. The second-order valence-corrected chi connectivity index (χ2v) is 5.56. The first-order valence-corrected chi connectivity index (χ1v) is 8.52. The monoisotopic (exact) mass is 342 g/mol. The van der Waals surface area contributed by atoms with E-state index in [2.05, 4.69) is 5.92 Å². The average molecular weight is 342 g/mol. The maximum atomic E-state index is 11.9. The molecule has 0 bridgehead atoms. The van der Waals surface area contributed by atoms with Crippen LogP contribution in [-0.2, 0) is 23.7 Å². The Morgan fingerprint density at radius 2 is 1.46 bits per heavy atom. The topological polar surface area (TPSA) is 83.2 Å². The Hall–Kier alpha value is -1.17. The molecular weight excluding hydrogens is 312 g/mol. The van der Waals surface area contributed by atoms with E-state index in [0.29, 0.717) is 59.3 Å². The van der Waals surface area contributed by atoms with Crippen molar-refractivity contribution in [1.82, 2.24) is 4.90 Å². The third kappa shape index (κ3) is 10.6. The Morgan fingerprint density at radius 1 is 0.958 bits per heavy atom. The quantitative estimate of drug-likeness (QED) is 0.375. The summed E-state index contributed by atoms with van der Waals surface area (Å²) in [5, 5.41) is 0. The number of carbonyl (C=O) groups is 1. The van der Waals surface area contributed by atoms with Gasteiger partial charge in [0, 0.05) is 19.1 Å². The van der Waals surface area contributed by atoms with Gasteiger partial charge in [0.15, 0.2) is 0 Å². The first-order chi connectivity index (χ1) is 11.7. The van der Waals surface area contributed by atoms with Gasteiger partial charge in [0.1, 0.15) is 6.61 Å². The summed E-state index contributed by atoms with van der Waals surface area (Å²) >= 11 is 0. The van der Waals surface area contributed by atoms with E-state index in [1.807, 2.05) is 4.90 Å². The molecule has 0 saturated carbocycles. The van der Waals surface area contributed by atoms with E-state index in [9.17, 15) is 4.79 Å². The van der Waals surface area contributed by atoms with Gasteiger partial charge in [-0.25, -0.2) is 0 Å². The van der Waals surface area contributed by atoms with Crippen molar-refractivity contribution in [3.63, 3.8) is 0 Å². The highest BCUT2D eigenvalue weighted by molar-refractivity contribution is 5.76. The van der Waals surface area contributed by atoms with Crippen LogP contribution in [0.2, 0.25) is 0 Å². The zero-order chi connectivity index (χ0) is 17.5. The molecule has 24 heavy (non-hydrogen) atoms. The molecule has 2 N–H and O–H groups in total. The number of rotatable bonds is 13. The number of hydrogen-bond donors (Lipinski definition) is 1. The van der Waals surface area contributed by atoms with E-state index >= 15 is 0 Å². The maximum Gasteiger partial charge on any atom is 0.224 e. The normalized spacial score (nSPS) is 15.4. The molecule has 0 aliphatic carbocycles. The van der Waals surface area contributed by atoms with Crippen LogP contribution in [0.3, 0.4) is 0 Å². The lowest BCUT2D eigenvalue weighted by atomic mass is 10.1. The van der Waals surface area contributed by atoms with Crippen molar-refractivity contribution >= 4 is 5.91 Å². The molecule has 7 nitrogen and oxygen atoms in total. The molecule has 1 rings (SSSR count). The van der Waals surface area contributed by atoms with Crippen LogP contribution in [0.4, 0.5) is 0 Å². The van der Waals surface area contributed by atoms with Crippen LogP contribution in [0.25, 0.3) is 0 Å². The summed E-state index contributed by atoms with van der Waals surface area (Å²) in [7, 11) is 0. The molecule has 0 aromatic rings. The van der Waals surface area contributed by atoms with Gasteiger partial charge in [0.05, 0.1) is 52.7 Å². The molecule has 1 heterocycles. The third-order valence-electron chi connectivity index (χ3n) is 3.65. The molecule has 0 atom stereocenters. The molecule has 1 aliphatic heterocycles. The molecule has 1 fully saturated rings. The van der Waals surface area contributed by atoms with Gasteiger partial charge < -0.3 is 29.6 Å². The second-order valence-electron chi connectivity index (χ2n) is 5.56. The Labute approximate surface area is 144 Å². The van der Waals surface area contributed by atoms with Gasteiger partial charge in [0.25, 0.3) is 0 Å². The highest BCUT2D eigenvalue weighted by Crippen LogP contribution is 2.09. The van der Waals surface area contributed by atoms with Crippen LogP contribution in [0.1, 0.15) is 19.3 Å². The molecule has 7 heteroatoms. The largest absolute Gasteiger partial charge is 0.379 e. The molecule has 1 amide bonds. The zero-order valence-electron chi connectivity index (χ0n) is 14.4. The summed E-state index contributed by atoms with van der Waals surface area (Å²) < 4.78 is 21.1. The van der Waals surface area contributed by atoms with Gasteiger partial charge in [-0.05, 0) is 12.8 Å². The second kappa shape index (κ2) is 14.2. The van der Waals surface area contributed by atoms with Gasteiger partial charge in [-0.15, -0.1) is 6.42 Å². The lowest BCUT2D eigenvalue weighted by Crippen LogP contribution is -2.43. The minimum atomic E-state index is 0.142. The molecular formula is C17H30N2O5. The number of piperidine rings is 1. The Morgan fingerprint density at radius 3 is 2.00 bits per heavy atom. The van der Waals surface area contributed by atoms with E-state index in [1.54, 1.807) is 0 Å². The van der Waals surface area contributed by atoms with Crippen LogP contribution in [0.15, 0.2) is 0 Å². The van der Waals surface area contributed by atoms with Crippen molar-refractivity contribution in [3.05, 3.63) is 0 Å². The van der Waals surface area contributed by atoms with Gasteiger partial charge in [-0.3, -0.25) is 4.79 Å². The highest BCUT2D eigenvalue weighted by Gasteiger charge is 2.19. The lowest BCUT2D eigenvalue weighted by molar-refractivity contribution is -0.133. The first-order valence-electron chi connectivity index (χ1n) is 8.52. The van der Waals surface area contributed by atoms with Gasteiger partial charge in [-0.1, -0.05) is 5.92 Å². The minimum absolute atomic E-state index is 0.142. The zero-order valence-corrected chi connectivity index (χ0v) is 14.4. The molecule has 138 valence electrons. The fourth-order valence-electron chi connectivity index (χ4n) is 2.26. The summed E-state index contributed by atoms with van der Waals surface area (Å²) in [4.78, 5) is 13.8. The summed E-state index contributed by atoms with van der Waals surface area (Å²) in [6, 6.07) is 0.238. The average Bonchev–Trinajstić information content (AvgIpc) is 2.59. The van der Waals surface area contributed by atoms with Crippen molar-refractivity contribution < 1.29 is 23.7 Å². The molecule has 0 aromatic heterocycles.